The van der Waals surface area contributed by atoms with Gasteiger partial charge in [-0.05, 0) is 12.1 Å². The van der Waals surface area contributed by atoms with Crippen LogP contribution in [0.25, 0.3) is 0 Å². The molecule has 10 heteroatoms. The van der Waals surface area contributed by atoms with Crippen molar-refractivity contribution in [2.45, 2.75) is 18.7 Å². The first-order chi connectivity index (χ1) is 12.8. The van der Waals surface area contributed by atoms with Crippen LogP contribution < -0.4 is 4.74 Å². The Bertz CT molecular complexity index is 866. The molecule has 142 valence electrons. The van der Waals surface area contributed by atoms with E-state index >= 15 is 0 Å². The highest BCUT2D eigenvalue weighted by molar-refractivity contribution is 5.80. The van der Waals surface area contributed by atoms with Gasteiger partial charge in [0.05, 0.1) is 24.4 Å². The van der Waals surface area contributed by atoms with E-state index in [0.717, 1.165) is 6.07 Å². The van der Waals surface area contributed by atoms with Crippen LogP contribution in [0.1, 0.15) is 11.1 Å². The molecule has 0 radical (unpaired) electrons. The average molecular weight is 381 g/mol. The molecule has 1 saturated heterocycles. The van der Waals surface area contributed by atoms with Gasteiger partial charge in [0.15, 0.2) is 0 Å². The number of amides is 1. The van der Waals surface area contributed by atoms with Gasteiger partial charge in [-0.15, -0.1) is 0 Å². The van der Waals surface area contributed by atoms with E-state index in [2.05, 4.69) is 4.98 Å². The Hall–Kier alpha value is -3.17. The quantitative estimate of drug-likeness (QED) is 0.587. The lowest BCUT2D eigenvalue weighted by molar-refractivity contribution is -0.385. The SMILES string of the molecule is O=C(Cc1ccccc1[N+](=O)[O-])N1CC(Oc2ncccc2C(F)(F)F)C1. The number of alkyl halides is 3. The summed E-state index contributed by atoms with van der Waals surface area (Å²) < 4.78 is 44.1. The third-order valence-corrected chi connectivity index (χ3v) is 4.09. The molecule has 1 amide bonds. The van der Waals surface area contributed by atoms with Gasteiger partial charge in [0.25, 0.3) is 5.69 Å². The number of para-hydroxylation sites is 1. The van der Waals surface area contributed by atoms with Crippen molar-refractivity contribution in [1.29, 1.82) is 0 Å². The minimum atomic E-state index is -4.59. The number of nitrogens with zero attached hydrogens (tertiary/aromatic N) is 3. The highest BCUT2D eigenvalue weighted by Crippen LogP contribution is 2.35. The van der Waals surface area contributed by atoms with E-state index < -0.39 is 28.6 Å². The summed E-state index contributed by atoms with van der Waals surface area (Å²) in [5.74, 6) is -0.887. The summed E-state index contributed by atoms with van der Waals surface area (Å²) in [6.07, 6.45) is -4.17. The second kappa shape index (κ2) is 7.22. The van der Waals surface area contributed by atoms with E-state index in [1.54, 1.807) is 6.07 Å². The summed E-state index contributed by atoms with van der Waals surface area (Å²) in [4.78, 5) is 27.7. The smallest absolute Gasteiger partial charge is 0.421 e. The molecule has 0 unspecified atom stereocenters. The van der Waals surface area contributed by atoms with Gasteiger partial charge in [-0.1, -0.05) is 18.2 Å². The van der Waals surface area contributed by atoms with Crippen molar-refractivity contribution >= 4 is 11.6 Å². The molecule has 0 atom stereocenters. The number of pyridine rings is 1. The summed E-state index contributed by atoms with van der Waals surface area (Å²) in [6, 6.07) is 7.94. The van der Waals surface area contributed by atoms with Crippen LogP contribution in [-0.4, -0.2) is 39.9 Å². The molecule has 3 rings (SSSR count). The highest BCUT2D eigenvalue weighted by Gasteiger charge is 2.38. The molecule has 0 aliphatic carbocycles. The zero-order valence-electron chi connectivity index (χ0n) is 13.8. The molecule has 1 aliphatic heterocycles. The molecule has 0 bridgehead atoms. The number of hydrogen-bond acceptors (Lipinski definition) is 5. The standard InChI is InChI=1S/C17H14F3N3O4/c18-17(19,20)13-5-3-7-21-16(13)27-12-9-22(10-12)15(24)8-11-4-1-2-6-14(11)23(25)26/h1-7,12H,8-10H2. The van der Waals surface area contributed by atoms with Crippen LogP contribution in [0.4, 0.5) is 18.9 Å². The third-order valence-electron chi connectivity index (χ3n) is 4.09. The number of carbonyl (C=O) groups excluding carboxylic acids is 1. The van der Waals surface area contributed by atoms with Crippen LogP contribution in [-0.2, 0) is 17.4 Å². The second-order valence-corrected chi connectivity index (χ2v) is 5.96. The summed E-state index contributed by atoms with van der Waals surface area (Å²) in [7, 11) is 0. The molecular formula is C17H14F3N3O4. The maximum atomic E-state index is 12.9. The number of rotatable bonds is 5. The molecule has 1 fully saturated rings. The Labute approximate surface area is 151 Å². The van der Waals surface area contributed by atoms with Gasteiger partial charge >= 0.3 is 6.18 Å². The molecule has 7 nitrogen and oxygen atoms in total. The van der Waals surface area contributed by atoms with Gasteiger partial charge in [-0.2, -0.15) is 13.2 Å². The Morgan fingerprint density at radius 2 is 1.96 bits per heavy atom. The number of halogens is 3. The minimum absolute atomic E-state index is 0.0906. The van der Waals surface area contributed by atoms with Gasteiger partial charge in [0, 0.05) is 17.8 Å². The predicted octanol–water partition coefficient (Wildman–Crippen LogP) is 2.84. The van der Waals surface area contributed by atoms with Gasteiger partial charge in [-0.3, -0.25) is 14.9 Å². The fraction of sp³-hybridized carbons (Fsp3) is 0.294. The van der Waals surface area contributed by atoms with E-state index in [1.807, 2.05) is 0 Å². The van der Waals surface area contributed by atoms with Crippen molar-refractivity contribution in [2.24, 2.45) is 0 Å². The van der Waals surface area contributed by atoms with Crippen LogP contribution in [0, 0.1) is 10.1 Å². The monoisotopic (exact) mass is 381 g/mol. The lowest BCUT2D eigenvalue weighted by atomic mass is 10.1. The number of ether oxygens (including phenoxy) is 1. The zero-order valence-corrected chi connectivity index (χ0v) is 13.8. The van der Waals surface area contributed by atoms with Crippen LogP contribution in [0.5, 0.6) is 5.88 Å². The molecule has 27 heavy (non-hydrogen) atoms. The molecule has 0 N–H and O–H groups in total. The summed E-state index contributed by atoms with van der Waals surface area (Å²) >= 11 is 0. The maximum absolute atomic E-state index is 12.9. The number of likely N-dealkylation sites (tertiary alicyclic amines) is 1. The van der Waals surface area contributed by atoms with Crippen molar-refractivity contribution in [1.82, 2.24) is 9.88 Å². The molecule has 2 heterocycles. The average Bonchev–Trinajstić information content (AvgIpc) is 2.57. The first-order valence-corrected chi connectivity index (χ1v) is 7.94. The number of nitro groups is 1. The van der Waals surface area contributed by atoms with Crippen LogP contribution in [0.3, 0.4) is 0 Å². The van der Waals surface area contributed by atoms with Crippen molar-refractivity contribution in [2.75, 3.05) is 13.1 Å². The first kappa shape index (κ1) is 18.6. The van der Waals surface area contributed by atoms with E-state index in [1.165, 1.54) is 35.4 Å². The Morgan fingerprint density at radius 3 is 2.63 bits per heavy atom. The topological polar surface area (TPSA) is 85.6 Å². The minimum Gasteiger partial charge on any atom is -0.470 e. The Morgan fingerprint density at radius 1 is 1.26 bits per heavy atom. The molecule has 1 aliphatic rings. The Balaban J connectivity index is 1.59. The molecule has 2 aromatic rings. The number of aromatic nitrogens is 1. The lowest BCUT2D eigenvalue weighted by Crippen LogP contribution is -2.56. The van der Waals surface area contributed by atoms with Crippen LogP contribution >= 0.6 is 0 Å². The second-order valence-electron chi connectivity index (χ2n) is 5.96. The molecule has 1 aromatic carbocycles. The fourth-order valence-electron chi connectivity index (χ4n) is 2.69. The van der Waals surface area contributed by atoms with Crippen LogP contribution in [0.15, 0.2) is 42.6 Å². The van der Waals surface area contributed by atoms with Crippen molar-refractivity contribution in [3.8, 4) is 5.88 Å². The normalized spacial score (nSPS) is 14.6. The molecule has 0 saturated carbocycles. The van der Waals surface area contributed by atoms with E-state index in [0.29, 0.717) is 0 Å². The van der Waals surface area contributed by atoms with Crippen molar-refractivity contribution in [3.63, 3.8) is 0 Å². The fourth-order valence-corrected chi connectivity index (χ4v) is 2.69. The van der Waals surface area contributed by atoms with E-state index in [-0.39, 0.29) is 36.7 Å². The van der Waals surface area contributed by atoms with Gasteiger partial charge in [-0.25, -0.2) is 4.98 Å². The summed E-state index contributed by atoms with van der Waals surface area (Å²) in [5, 5.41) is 11.0. The van der Waals surface area contributed by atoms with E-state index in [4.69, 9.17) is 4.74 Å². The lowest BCUT2D eigenvalue weighted by Gasteiger charge is -2.39. The van der Waals surface area contributed by atoms with Gasteiger partial charge in [0.1, 0.15) is 11.7 Å². The van der Waals surface area contributed by atoms with Crippen molar-refractivity contribution in [3.05, 3.63) is 63.8 Å². The van der Waals surface area contributed by atoms with Gasteiger partial charge in [0.2, 0.25) is 11.8 Å². The maximum Gasteiger partial charge on any atom is 0.421 e. The largest absolute Gasteiger partial charge is 0.470 e. The zero-order chi connectivity index (χ0) is 19.6. The number of hydrogen-bond donors (Lipinski definition) is 0. The highest BCUT2D eigenvalue weighted by atomic mass is 19.4. The van der Waals surface area contributed by atoms with Crippen molar-refractivity contribution < 1.29 is 27.6 Å². The first-order valence-electron chi connectivity index (χ1n) is 7.94. The summed E-state index contributed by atoms with van der Waals surface area (Å²) in [6.45, 7) is 0.181. The number of nitro benzene ring substituents is 1. The number of benzene rings is 1. The predicted molar refractivity (Wildman–Crippen MR) is 87.0 cm³/mol. The molecule has 0 spiro atoms. The Kier molecular flexibility index (Phi) is 4.98. The molecular weight excluding hydrogens is 367 g/mol. The molecule has 1 aromatic heterocycles. The van der Waals surface area contributed by atoms with Crippen LogP contribution in [0.2, 0.25) is 0 Å². The summed E-state index contributed by atoms with van der Waals surface area (Å²) in [5.41, 5.74) is -0.849. The van der Waals surface area contributed by atoms with Gasteiger partial charge < -0.3 is 9.64 Å². The van der Waals surface area contributed by atoms with E-state index in [9.17, 15) is 28.1 Å². The third kappa shape index (κ3) is 4.15. The number of carbonyl (C=O) groups is 1.